The van der Waals surface area contributed by atoms with Gasteiger partial charge in [0, 0.05) is 18.6 Å². The van der Waals surface area contributed by atoms with Crippen molar-refractivity contribution in [1.82, 2.24) is 15.0 Å². The van der Waals surface area contributed by atoms with Crippen LogP contribution in [0.3, 0.4) is 0 Å². The average molecular weight is 284 g/mol. The molecule has 0 aromatic carbocycles. The minimum Gasteiger partial charge on any atom is -0.453 e. The van der Waals surface area contributed by atoms with Crippen molar-refractivity contribution in [3.8, 4) is 0 Å². The van der Waals surface area contributed by atoms with E-state index in [1.54, 1.807) is 24.7 Å². The summed E-state index contributed by atoms with van der Waals surface area (Å²) in [6, 6.07) is 11.4. The number of hydrogen-bond acceptors (Lipinski definition) is 6. The first-order chi connectivity index (χ1) is 9.90. The maximum Gasteiger partial charge on any atom is 0.195 e. The van der Waals surface area contributed by atoms with Crippen LogP contribution in [0.25, 0.3) is 0 Å². The summed E-state index contributed by atoms with van der Waals surface area (Å²) >= 11 is 1.40. The van der Waals surface area contributed by atoms with Gasteiger partial charge in [-0.2, -0.15) is 0 Å². The van der Waals surface area contributed by atoms with E-state index >= 15 is 0 Å². The lowest BCUT2D eigenvalue weighted by molar-refractivity contribution is 0.436. The van der Waals surface area contributed by atoms with Crippen LogP contribution in [-0.4, -0.2) is 15.0 Å². The predicted octanol–water partition coefficient (Wildman–Crippen LogP) is 3.23. The number of rotatable bonds is 5. The van der Waals surface area contributed by atoms with Crippen LogP contribution in [0.15, 0.2) is 69.7 Å². The van der Waals surface area contributed by atoms with Crippen molar-refractivity contribution in [3.63, 3.8) is 0 Å². The number of furan rings is 1. The summed E-state index contributed by atoms with van der Waals surface area (Å²) < 4.78 is 5.70. The SMILES string of the molecule is c1ccc(NCc2ccc(Sc3ncccn3)o2)nc1. The quantitative estimate of drug-likeness (QED) is 0.726. The summed E-state index contributed by atoms with van der Waals surface area (Å²) in [4.78, 5) is 12.5. The molecule has 100 valence electrons. The topological polar surface area (TPSA) is 63.8 Å². The van der Waals surface area contributed by atoms with Crippen LogP contribution in [0.1, 0.15) is 5.76 Å². The zero-order chi connectivity index (χ0) is 13.6. The summed E-state index contributed by atoms with van der Waals surface area (Å²) in [5.74, 6) is 1.67. The van der Waals surface area contributed by atoms with E-state index in [9.17, 15) is 0 Å². The Bertz CT molecular complexity index is 657. The second-order valence-electron chi connectivity index (χ2n) is 3.92. The van der Waals surface area contributed by atoms with Crippen LogP contribution in [0.5, 0.6) is 0 Å². The first kappa shape index (κ1) is 12.7. The lowest BCUT2D eigenvalue weighted by Crippen LogP contribution is -1.99. The lowest BCUT2D eigenvalue weighted by Gasteiger charge is -2.02. The first-order valence-corrected chi connectivity index (χ1v) is 6.90. The van der Waals surface area contributed by atoms with Crippen LogP contribution in [0.4, 0.5) is 5.82 Å². The second-order valence-corrected chi connectivity index (χ2v) is 4.89. The summed E-state index contributed by atoms with van der Waals surface area (Å²) in [6.45, 7) is 0.590. The molecule has 0 radical (unpaired) electrons. The molecule has 3 aromatic heterocycles. The van der Waals surface area contributed by atoms with E-state index in [-0.39, 0.29) is 0 Å². The second kappa shape index (κ2) is 6.21. The Morgan fingerprint density at radius 1 is 0.950 bits per heavy atom. The van der Waals surface area contributed by atoms with Gasteiger partial charge in [0.2, 0.25) is 0 Å². The van der Waals surface area contributed by atoms with E-state index in [1.807, 2.05) is 30.3 Å². The highest BCUT2D eigenvalue weighted by molar-refractivity contribution is 7.99. The van der Waals surface area contributed by atoms with Crippen molar-refractivity contribution in [2.75, 3.05) is 5.32 Å². The fourth-order valence-corrected chi connectivity index (χ4v) is 2.27. The van der Waals surface area contributed by atoms with Crippen LogP contribution >= 0.6 is 11.8 Å². The van der Waals surface area contributed by atoms with Gasteiger partial charge in [-0.05, 0) is 42.1 Å². The molecule has 0 bridgehead atoms. The molecule has 5 nitrogen and oxygen atoms in total. The molecule has 0 saturated carbocycles. The molecular formula is C14H12N4OS. The average Bonchev–Trinajstić information content (AvgIpc) is 2.95. The van der Waals surface area contributed by atoms with Crippen LogP contribution in [0, 0.1) is 0 Å². The first-order valence-electron chi connectivity index (χ1n) is 6.09. The molecule has 0 saturated heterocycles. The number of anilines is 1. The Balaban J connectivity index is 1.60. The fraction of sp³-hybridized carbons (Fsp3) is 0.0714. The molecule has 6 heteroatoms. The van der Waals surface area contributed by atoms with E-state index in [0.29, 0.717) is 11.7 Å². The number of nitrogens with one attached hydrogen (secondary N) is 1. The highest BCUT2D eigenvalue weighted by Crippen LogP contribution is 2.26. The van der Waals surface area contributed by atoms with Crippen molar-refractivity contribution in [1.29, 1.82) is 0 Å². The zero-order valence-corrected chi connectivity index (χ0v) is 11.4. The molecule has 1 N–H and O–H groups in total. The predicted molar refractivity (Wildman–Crippen MR) is 76.4 cm³/mol. The van der Waals surface area contributed by atoms with Gasteiger partial charge in [-0.25, -0.2) is 15.0 Å². The summed E-state index contributed by atoms with van der Waals surface area (Å²) in [6.07, 6.45) is 5.17. The van der Waals surface area contributed by atoms with Crippen LogP contribution < -0.4 is 5.32 Å². The Labute approximate surface area is 120 Å². The van der Waals surface area contributed by atoms with Gasteiger partial charge in [-0.15, -0.1) is 0 Å². The minimum atomic E-state index is 0.590. The maximum absolute atomic E-state index is 5.70. The van der Waals surface area contributed by atoms with Crippen LogP contribution in [0.2, 0.25) is 0 Å². The summed E-state index contributed by atoms with van der Waals surface area (Å²) in [5, 5.41) is 4.64. The van der Waals surface area contributed by atoms with Crippen LogP contribution in [-0.2, 0) is 6.54 Å². The third-order valence-electron chi connectivity index (χ3n) is 2.48. The standard InChI is InChI=1S/C14H12N4OS/c1-2-7-15-12(4-1)18-10-11-5-6-13(19-11)20-14-16-8-3-9-17-14/h1-9H,10H2,(H,15,18). The van der Waals surface area contributed by atoms with E-state index in [4.69, 9.17) is 4.42 Å². The Kier molecular flexibility index (Phi) is 3.93. The highest BCUT2D eigenvalue weighted by atomic mass is 32.2. The van der Waals surface area contributed by atoms with E-state index in [0.717, 1.165) is 16.7 Å². The van der Waals surface area contributed by atoms with Gasteiger partial charge in [0.25, 0.3) is 0 Å². The van der Waals surface area contributed by atoms with Gasteiger partial charge in [0.05, 0.1) is 6.54 Å². The van der Waals surface area contributed by atoms with Crippen molar-refractivity contribution >= 4 is 17.6 Å². The zero-order valence-electron chi connectivity index (χ0n) is 10.6. The third-order valence-corrected chi connectivity index (χ3v) is 3.29. The fourth-order valence-electron chi connectivity index (χ4n) is 1.58. The molecule has 3 rings (SSSR count). The van der Waals surface area contributed by atoms with Gasteiger partial charge in [0.1, 0.15) is 11.6 Å². The van der Waals surface area contributed by atoms with E-state index in [1.165, 1.54) is 11.8 Å². The molecule has 0 amide bonds. The Morgan fingerprint density at radius 2 is 1.80 bits per heavy atom. The molecule has 3 aromatic rings. The molecule has 0 atom stereocenters. The van der Waals surface area contributed by atoms with Crippen molar-refractivity contribution in [2.45, 2.75) is 16.8 Å². The molecular weight excluding hydrogens is 272 g/mol. The van der Waals surface area contributed by atoms with Crippen molar-refractivity contribution < 1.29 is 4.42 Å². The lowest BCUT2D eigenvalue weighted by atomic mass is 10.4. The van der Waals surface area contributed by atoms with Crippen molar-refractivity contribution in [3.05, 3.63) is 60.7 Å². The smallest absolute Gasteiger partial charge is 0.195 e. The molecule has 0 aliphatic rings. The van der Waals surface area contributed by atoms with Crippen molar-refractivity contribution in [2.24, 2.45) is 0 Å². The number of aromatic nitrogens is 3. The molecule has 0 aliphatic heterocycles. The van der Waals surface area contributed by atoms with Gasteiger partial charge in [0.15, 0.2) is 10.2 Å². The minimum absolute atomic E-state index is 0.590. The third kappa shape index (κ3) is 3.36. The summed E-state index contributed by atoms with van der Waals surface area (Å²) in [7, 11) is 0. The van der Waals surface area contributed by atoms with Gasteiger partial charge in [-0.1, -0.05) is 6.07 Å². The van der Waals surface area contributed by atoms with Gasteiger partial charge < -0.3 is 9.73 Å². The van der Waals surface area contributed by atoms with Gasteiger partial charge >= 0.3 is 0 Å². The molecule has 0 aliphatic carbocycles. The highest BCUT2D eigenvalue weighted by Gasteiger charge is 2.05. The monoisotopic (exact) mass is 284 g/mol. The largest absolute Gasteiger partial charge is 0.453 e. The number of hydrogen-bond donors (Lipinski definition) is 1. The summed E-state index contributed by atoms with van der Waals surface area (Å²) in [5.41, 5.74) is 0. The number of nitrogens with zero attached hydrogens (tertiary/aromatic N) is 3. The van der Waals surface area contributed by atoms with E-state index in [2.05, 4.69) is 20.3 Å². The maximum atomic E-state index is 5.70. The normalized spacial score (nSPS) is 10.4. The molecule has 20 heavy (non-hydrogen) atoms. The Hall–Kier alpha value is -2.34. The molecule has 0 unspecified atom stereocenters. The Morgan fingerprint density at radius 3 is 2.60 bits per heavy atom. The molecule has 0 spiro atoms. The van der Waals surface area contributed by atoms with E-state index < -0.39 is 0 Å². The molecule has 3 heterocycles. The molecule has 0 fully saturated rings. The number of pyridine rings is 1. The van der Waals surface area contributed by atoms with Gasteiger partial charge in [-0.3, -0.25) is 0 Å².